The zero-order valence-corrected chi connectivity index (χ0v) is 18.0. The van der Waals surface area contributed by atoms with E-state index in [1.54, 1.807) is 49.6 Å². The Kier molecular flexibility index (Phi) is 7.65. The number of benzene rings is 2. The van der Waals surface area contributed by atoms with Gasteiger partial charge in [-0.05, 0) is 47.7 Å². The highest BCUT2D eigenvalue weighted by Gasteiger charge is 2.13. The maximum absolute atomic E-state index is 12.1. The molecule has 11 nitrogen and oxygen atoms in total. The topological polar surface area (TPSA) is 132 Å². The highest BCUT2D eigenvalue weighted by molar-refractivity contribution is 8.11. The van der Waals surface area contributed by atoms with Crippen LogP contribution in [0, 0.1) is 0 Å². The summed E-state index contributed by atoms with van der Waals surface area (Å²) in [4.78, 5) is 27.5. The highest BCUT2D eigenvalue weighted by atomic mass is 35.5. The first-order chi connectivity index (χ1) is 15.0. The number of hydrogen-bond donors (Lipinski definition) is 3. The van der Waals surface area contributed by atoms with E-state index >= 15 is 0 Å². The summed E-state index contributed by atoms with van der Waals surface area (Å²) >= 11 is 6.47. The smallest absolute Gasteiger partial charge is 0.334 e. The molecule has 0 atom stereocenters. The van der Waals surface area contributed by atoms with Gasteiger partial charge in [0.05, 0.1) is 14.2 Å². The first-order valence-corrected chi connectivity index (χ1v) is 9.95. The Morgan fingerprint density at radius 2 is 1.84 bits per heavy atom. The second-order valence-corrected chi connectivity index (χ2v) is 7.18. The molecule has 0 aliphatic rings. The van der Waals surface area contributed by atoms with Crippen molar-refractivity contribution in [2.45, 2.75) is 6.54 Å². The van der Waals surface area contributed by atoms with Gasteiger partial charge in [0.15, 0.2) is 11.5 Å². The number of anilines is 1. The van der Waals surface area contributed by atoms with Crippen LogP contribution in [0.5, 0.6) is 11.5 Å². The number of urea groups is 1. The fraction of sp³-hybridized carbons (Fsp3) is 0.167. The van der Waals surface area contributed by atoms with Crippen LogP contribution in [0.15, 0.2) is 42.5 Å². The Labute approximate surface area is 186 Å². The molecule has 0 bridgehead atoms. The lowest BCUT2D eigenvalue weighted by molar-refractivity contribution is -0.111. The quantitative estimate of drug-likeness (QED) is 0.340. The molecule has 3 N–H and O–H groups in total. The minimum Gasteiger partial charge on any atom is -0.493 e. The number of ether oxygens (including phenoxy) is 2. The van der Waals surface area contributed by atoms with Crippen LogP contribution in [0.25, 0.3) is 11.4 Å². The standard InChI is InChI=1S/C18H18ClN7O4S/c1-29-14-8-3-11(9-15(14)30-2)17-21-24-26(23-17)10-16(27)31-25-22-18(28)20-13-6-4-12(19)5-7-13/h3-9,25H,10H2,1-2H3,(H2,20,22,28). The number of aromatic nitrogens is 4. The van der Waals surface area contributed by atoms with Crippen LogP contribution < -0.4 is 25.0 Å². The Bertz CT molecular complexity index is 1060. The van der Waals surface area contributed by atoms with Crippen LogP contribution in [0.4, 0.5) is 10.5 Å². The molecule has 0 aliphatic carbocycles. The third-order valence-electron chi connectivity index (χ3n) is 3.80. The number of carbonyl (C=O) groups excluding carboxylic acids is 2. The van der Waals surface area contributed by atoms with Crippen molar-refractivity contribution < 1.29 is 19.1 Å². The summed E-state index contributed by atoms with van der Waals surface area (Å²) in [7, 11) is 3.07. The van der Waals surface area contributed by atoms with Crippen molar-refractivity contribution in [2.75, 3.05) is 19.5 Å². The van der Waals surface area contributed by atoms with E-state index in [1.165, 1.54) is 7.11 Å². The van der Waals surface area contributed by atoms with Gasteiger partial charge >= 0.3 is 6.03 Å². The van der Waals surface area contributed by atoms with Gasteiger partial charge in [-0.25, -0.2) is 4.79 Å². The molecule has 0 radical (unpaired) electrons. The molecule has 13 heteroatoms. The van der Waals surface area contributed by atoms with Crippen LogP contribution in [0.2, 0.25) is 5.02 Å². The van der Waals surface area contributed by atoms with Gasteiger partial charge in [0.1, 0.15) is 6.54 Å². The van der Waals surface area contributed by atoms with Crippen molar-refractivity contribution in [3.63, 3.8) is 0 Å². The molecular formula is C18H18ClN7O4S. The van der Waals surface area contributed by atoms with Crippen molar-refractivity contribution in [1.29, 1.82) is 0 Å². The van der Waals surface area contributed by atoms with Gasteiger partial charge in [0.2, 0.25) is 10.9 Å². The van der Waals surface area contributed by atoms with Gasteiger partial charge in [-0.15, -0.1) is 10.2 Å². The van der Waals surface area contributed by atoms with E-state index in [0.29, 0.717) is 45.5 Å². The number of nitrogens with zero attached hydrogens (tertiary/aromatic N) is 4. The van der Waals surface area contributed by atoms with Crippen molar-refractivity contribution >= 4 is 40.4 Å². The van der Waals surface area contributed by atoms with Gasteiger partial charge < -0.3 is 14.8 Å². The molecule has 3 rings (SSSR count). The largest absolute Gasteiger partial charge is 0.493 e. The van der Waals surface area contributed by atoms with E-state index in [1.807, 2.05) is 0 Å². The lowest BCUT2D eigenvalue weighted by atomic mass is 10.2. The number of methoxy groups -OCH3 is 2. The van der Waals surface area contributed by atoms with Crippen LogP contribution in [0.3, 0.4) is 0 Å². The number of halogens is 1. The van der Waals surface area contributed by atoms with Crippen molar-refractivity contribution in [3.8, 4) is 22.9 Å². The van der Waals surface area contributed by atoms with E-state index in [9.17, 15) is 9.59 Å². The lowest BCUT2D eigenvalue weighted by Gasteiger charge is -2.08. The SMILES string of the molecule is COc1ccc(-c2nnn(CC(=O)SNNC(=O)Nc3ccc(Cl)cc3)n2)cc1OC. The summed E-state index contributed by atoms with van der Waals surface area (Å²) in [5, 5.41) is 14.8. The van der Waals surface area contributed by atoms with Crippen LogP contribution in [-0.2, 0) is 11.3 Å². The third kappa shape index (κ3) is 6.31. The zero-order chi connectivity index (χ0) is 22.2. The van der Waals surface area contributed by atoms with E-state index in [4.69, 9.17) is 21.1 Å². The molecule has 3 aromatic rings. The second kappa shape index (κ2) is 10.6. The summed E-state index contributed by atoms with van der Waals surface area (Å²) in [6.07, 6.45) is 0. The normalized spacial score (nSPS) is 10.4. The average molecular weight is 464 g/mol. The number of nitrogens with one attached hydrogen (secondary N) is 3. The van der Waals surface area contributed by atoms with E-state index < -0.39 is 6.03 Å². The number of hydrazine groups is 1. The van der Waals surface area contributed by atoms with Gasteiger partial charge in [0.25, 0.3) is 0 Å². The number of carbonyl (C=O) groups is 2. The number of tetrazole rings is 1. The Morgan fingerprint density at radius 1 is 1.10 bits per heavy atom. The molecule has 0 fully saturated rings. The van der Waals surface area contributed by atoms with Crippen molar-refractivity contribution in [1.82, 2.24) is 30.5 Å². The predicted octanol–water partition coefficient (Wildman–Crippen LogP) is 2.51. The molecule has 0 aliphatic heterocycles. The van der Waals surface area contributed by atoms with Gasteiger partial charge in [-0.3, -0.25) is 10.2 Å². The van der Waals surface area contributed by atoms with E-state index in [0.717, 1.165) is 4.80 Å². The number of hydrogen-bond acceptors (Lipinski definition) is 9. The summed E-state index contributed by atoms with van der Waals surface area (Å²) in [5.41, 5.74) is 3.54. The summed E-state index contributed by atoms with van der Waals surface area (Å²) in [5.74, 6) is 1.42. The zero-order valence-electron chi connectivity index (χ0n) is 16.5. The molecule has 0 saturated carbocycles. The Balaban J connectivity index is 1.47. The average Bonchev–Trinajstić information content (AvgIpc) is 3.23. The predicted molar refractivity (Wildman–Crippen MR) is 116 cm³/mol. The maximum atomic E-state index is 12.1. The minimum atomic E-state index is -0.544. The van der Waals surface area contributed by atoms with E-state index in [2.05, 4.69) is 31.0 Å². The van der Waals surface area contributed by atoms with Crippen LogP contribution >= 0.6 is 23.5 Å². The lowest BCUT2D eigenvalue weighted by Crippen LogP contribution is -2.37. The van der Waals surface area contributed by atoms with Gasteiger partial charge in [-0.1, -0.05) is 11.6 Å². The van der Waals surface area contributed by atoms with Crippen LogP contribution in [-0.4, -0.2) is 45.6 Å². The second-order valence-electron chi connectivity index (χ2n) is 5.88. The fourth-order valence-corrected chi connectivity index (χ4v) is 2.94. The van der Waals surface area contributed by atoms with Gasteiger partial charge in [-0.2, -0.15) is 9.63 Å². The monoisotopic (exact) mass is 463 g/mol. The maximum Gasteiger partial charge on any atom is 0.334 e. The van der Waals surface area contributed by atoms with Crippen molar-refractivity contribution in [3.05, 3.63) is 47.5 Å². The minimum absolute atomic E-state index is 0.154. The first-order valence-electron chi connectivity index (χ1n) is 8.76. The number of rotatable bonds is 8. The molecule has 0 spiro atoms. The molecular weight excluding hydrogens is 446 g/mol. The fourth-order valence-electron chi connectivity index (χ4n) is 2.37. The summed E-state index contributed by atoms with van der Waals surface area (Å²) in [6.45, 7) is -0.154. The molecule has 1 aromatic heterocycles. The highest BCUT2D eigenvalue weighted by Crippen LogP contribution is 2.30. The molecule has 2 aromatic carbocycles. The molecule has 1 heterocycles. The Morgan fingerprint density at radius 3 is 2.55 bits per heavy atom. The summed E-state index contributed by atoms with van der Waals surface area (Å²) < 4.78 is 10.5. The molecule has 31 heavy (non-hydrogen) atoms. The number of amides is 2. The van der Waals surface area contributed by atoms with E-state index in [-0.39, 0.29) is 11.7 Å². The molecule has 162 valence electrons. The van der Waals surface area contributed by atoms with Crippen LogP contribution in [0.1, 0.15) is 0 Å². The summed E-state index contributed by atoms with van der Waals surface area (Å²) in [6, 6.07) is 11.2. The molecule has 0 unspecified atom stereocenters. The Hall–Kier alpha value is -3.35. The van der Waals surface area contributed by atoms with Gasteiger partial charge in [0, 0.05) is 28.2 Å². The van der Waals surface area contributed by atoms with Crippen molar-refractivity contribution in [2.24, 2.45) is 0 Å². The third-order valence-corrected chi connectivity index (χ3v) is 4.61. The first kappa shape index (κ1) is 22.3. The molecule has 0 saturated heterocycles. The molecule has 2 amide bonds.